The Balaban J connectivity index is 2.18. The maximum absolute atomic E-state index is 6.18. The molecule has 88 valence electrons. The SMILES string of the molecule is Cc1ccc(-c2ccc3nccc(Cl)c3c2)nc1. The van der Waals surface area contributed by atoms with Crippen LogP contribution in [-0.2, 0) is 0 Å². The number of rotatable bonds is 1. The molecule has 2 heterocycles. The van der Waals surface area contributed by atoms with E-state index in [1.54, 1.807) is 12.3 Å². The van der Waals surface area contributed by atoms with Crippen LogP contribution in [0.15, 0.2) is 48.8 Å². The first-order chi connectivity index (χ1) is 8.74. The molecule has 3 aromatic rings. The van der Waals surface area contributed by atoms with Crippen molar-refractivity contribution in [2.24, 2.45) is 0 Å². The molecule has 1 aromatic carbocycles. The Labute approximate surface area is 110 Å². The zero-order valence-electron chi connectivity index (χ0n) is 9.89. The number of hydrogen-bond acceptors (Lipinski definition) is 2. The molecule has 0 N–H and O–H groups in total. The second kappa shape index (κ2) is 4.39. The molecule has 0 amide bonds. The van der Waals surface area contributed by atoms with E-state index in [2.05, 4.69) is 16.0 Å². The van der Waals surface area contributed by atoms with Crippen molar-refractivity contribution < 1.29 is 0 Å². The smallest absolute Gasteiger partial charge is 0.0717 e. The molecular formula is C15H11ClN2. The minimum atomic E-state index is 0.717. The number of halogens is 1. The van der Waals surface area contributed by atoms with Crippen LogP contribution in [0.25, 0.3) is 22.2 Å². The average molecular weight is 255 g/mol. The highest BCUT2D eigenvalue weighted by molar-refractivity contribution is 6.35. The Morgan fingerprint density at radius 3 is 2.67 bits per heavy atom. The molecule has 3 rings (SSSR count). The summed E-state index contributed by atoms with van der Waals surface area (Å²) in [6.07, 6.45) is 3.58. The first-order valence-electron chi connectivity index (χ1n) is 5.71. The molecule has 0 saturated heterocycles. The Hall–Kier alpha value is -1.93. The molecule has 3 heteroatoms. The molecule has 0 spiro atoms. The van der Waals surface area contributed by atoms with Gasteiger partial charge >= 0.3 is 0 Å². The Kier molecular flexibility index (Phi) is 2.73. The molecule has 0 atom stereocenters. The summed E-state index contributed by atoms with van der Waals surface area (Å²) >= 11 is 6.18. The maximum atomic E-state index is 6.18. The quantitative estimate of drug-likeness (QED) is 0.648. The van der Waals surface area contributed by atoms with Gasteiger partial charge in [0.2, 0.25) is 0 Å². The van der Waals surface area contributed by atoms with Crippen molar-refractivity contribution in [3.05, 3.63) is 59.4 Å². The third-order valence-corrected chi connectivity index (χ3v) is 3.23. The highest BCUT2D eigenvalue weighted by atomic mass is 35.5. The number of benzene rings is 1. The van der Waals surface area contributed by atoms with Gasteiger partial charge in [-0.15, -0.1) is 0 Å². The third kappa shape index (κ3) is 1.95. The Bertz CT molecular complexity index is 705. The fourth-order valence-corrected chi connectivity index (χ4v) is 2.12. The summed E-state index contributed by atoms with van der Waals surface area (Å²) in [4.78, 5) is 8.71. The zero-order valence-corrected chi connectivity index (χ0v) is 10.6. The van der Waals surface area contributed by atoms with Crippen molar-refractivity contribution in [1.29, 1.82) is 0 Å². The minimum Gasteiger partial charge on any atom is -0.256 e. The number of aromatic nitrogens is 2. The summed E-state index contributed by atoms with van der Waals surface area (Å²) in [6, 6.07) is 11.9. The number of fused-ring (bicyclic) bond motifs is 1. The molecular weight excluding hydrogens is 244 g/mol. The van der Waals surface area contributed by atoms with E-state index in [1.807, 2.05) is 37.4 Å². The molecule has 0 bridgehead atoms. The predicted molar refractivity (Wildman–Crippen MR) is 74.7 cm³/mol. The van der Waals surface area contributed by atoms with Gasteiger partial charge in [0.1, 0.15) is 0 Å². The lowest BCUT2D eigenvalue weighted by atomic mass is 10.1. The molecule has 18 heavy (non-hydrogen) atoms. The van der Waals surface area contributed by atoms with Crippen LogP contribution in [0.2, 0.25) is 5.02 Å². The predicted octanol–water partition coefficient (Wildman–Crippen LogP) is 4.26. The van der Waals surface area contributed by atoms with E-state index in [0.717, 1.165) is 27.7 Å². The summed E-state index contributed by atoms with van der Waals surface area (Å²) in [5.74, 6) is 0. The number of aryl methyl sites for hydroxylation is 1. The lowest BCUT2D eigenvalue weighted by Gasteiger charge is -2.04. The molecule has 0 aliphatic carbocycles. The van der Waals surface area contributed by atoms with Crippen LogP contribution in [0.5, 0.6) is 0 Å². The summed E-state index contributed by atoms with van der Waals surface area (Å²) in [6.45, 7) is 2.03. The van der Waals surface area contributed by atoms with Gasteiger partial charge in [-0.1, -0.05) is 23.7 Å². The van der Waals surface area contributed by atoms with E-state index in [0.29, 0.717) is 5.02 Å². The van der Waals surface area contributed by atoms with E-state index in [-0.39, 0.29) is 0 Å². The van der Waals surface area contributed by atoms with E-state index in [1.165, 1.54) is 0 Å². The number of pyridine rings is 2. The topological polar surface area (TPSA) is 25.8 Å². The summed E-state index contributed by atoms with van der Waals surface area (Å²) in [5, 5.41) is 1.67. The van der Waals surface area contributed by atoms with Crippen molar-refractivity contribution in [3.63, 3.8) is 0 Å². The van der Waals surface area contributed by atoms with Crippen molar-refractivity contribution in [3.8, 4) is 11.3 Å². The molecule has 0 aliphatic rings. The number of nitrogens with zero attached hydrogens (tertiary/aromatic N) is 2. The van der Waals surface area contributed by atoms with Gasteiger partial charge in [0.15, 0.2) is 0 Å². The second-order valence-electron chi connectivity index (χ2n) is 4.25. The highest BCUT2D eigenvalue weighted by Gasteiger charge is 2.04. The van der Waals surface area contributed by atoms with E-state index < -0.39 is 0 Å². The van der Waals surface area contributed by atoms with E-state index >= 15 is 0 Å². The van der Waals surface area contributed by atoms with Crippen LogP contribution < -0.4 is 0 Å². The van der Waals surface area contributed by atoms with Crippen LogP contribution in [0, 0.1) is 6.92 Å². The van der Waals surface area contributed by atoms with Crippen LogP contribution >= 0.6 is 11.6 Å². The summed E-state index contributed by atoms with van der Waals surface area (Å²) in [5.41, 5.74) is 4.05. The maximum Gasteiger partial charge on any atom is 0.0717 e. The van der Waals surface area contributed by atoms with Gasteiger partial charge in [-0.25, -0.2) is 0 Å². The van der Waals surface area contributed by atoms with Gasteiger partial charge in [0.25, 0.3) is 0 Å². The van der Waals surface area contributed by atoms with Gasteiger partial charge in [-0.2, -0.15) is 0 Å². The number of hydrogen-bond donors (Lipinski definition) is 0. The lowest BCUT2D eigenvalue weighted by Crippen LogP contribution is -1.86. The Morgan fingerprint density at radius 1 is 1.00 bits per heavy atom. The van der Waals surface area contributed by atoms with Crippen LogP contribution in [-0.4, -0.2) is 9.97 Å². The molecule has 0 fully saturated rings. The summed E-state index contributed by atoms with van der Waals surface area (Å²) in [7, 11) is 0. The van der Waals surface area contributed by atoms with Gasteiger partial charge in [-0.3, -0.25) is 9.97 Å². The van der Waals surface area contributed by atoms with Gasteiger partial charge < -0.3 is 0 Å². The minimum absolute atomic E-state index is 0.717. The van der Waals surface area contributed by atoms with Gasteiger partial charge in [0, 0.05) is 23.3 Å². The van der Waals surface area contributed by atoms with Crippen LogP contribution in [0.1, 0.15) is 5.56 Å². The molecule has 2 nitrogen and oxygen atoms in total. The first kappa shape index (κ1) is 11.2. The van der Waals surface area contributed by atoms with Crippen LogP contribution in [0.3, 0.4) is 0 Å². The highest BCUT2D eigenvalue weighted by Crippen LogP contribution is 2.26. The Morgan fingerprint density at radius 2 is 1.89 bits per heavy atom. The normalized spacial score (nSPS) is 10.8. The van der Waals surface area contributed by atoms with E-state index in [4.69, 9.17) is 11.6 Å². The fourth-order valence-electron chi connectivity index (χ4n) is 1.91. The van der Waals surface area contributed by atoms with Crippen LogP contribution in [0.4, 0.5) is 0 Å². The van der Waals surface area contributed by atoms with E-state index in [9.17, 15) is 0 Å². The largest absolute Gasteiger partial charge is 0.256 e. The zero-order chi connectivity index (χ0) is 12.5. The van der Waals surface area contributed by atoms with Crippen molar-refractivity contribution in [2.75, 3.05) is 0 Å². The molecule has 0 aliphatic heterocycles. The average Bonchev–Trinajstić information content (AvgIpc) is 2.40. The molecule has 2 aromatic heterocycles. The molecule has 0 unspecified atom stereocenters. The van der Waals surface area contributed by atoms with Crippen molar-refractivity contribution in [2.45, 2.75) is 6.92 Å². The fraction of sp³-hybridized carbons (Fsp3) is 0.0667. The second-order valence-corrected chi connectivity index (χ2v) is 4.65. The standard InChI is InChI=1S/C15H11ClN2/c1-10-2-4-14(18-9-10)11-3-5-15-12(8-11)13(16)6-7-17-15/h2-9H,1H3. The third-order valence-electron chi connectivity index (χ3n) is 2.90. The van der Waals surface area contributed by atoms with Gasteiger partial charge in [-0.05, 0) is 36.8 Å². The first-order valence-corrected chi connectivity index (χ1v) is 6.09. The summed E-state index contributed by atoms with van der Waals surface area (Å²) < 4.78 is 0. The van der Waals surface area contributed by atoms with Crippen molar-refractivity contribution >= 4 is 22.5 Å². The monoisotopic (exact) mass is 254 g/mol. The molecule has 0 saturated carbocycles. The van der Waals surface area contributed by atoms with Crippen molar-refractivity contribution in [1.82, 2.24) is 9.97 Å². The lowest BCUT2D eigenvalue weighted by molar-refractivity contribution is 1.27. The van der Waals surface area contributed by atoms with Gasteiger partial charge in [0.05, 0.1) is 16.2 Å². The molecule has 0 radical (unpaired) electrons.